The van der Waals surface area contributed by atoms with Crippen molar-refractivity contribution in [1.29, 1.82) is 0 Å². The lowest BCUT2D eigenvalue weighted by molar-refractivity contribution is 0.111. The summed E-state index contributed by atoms with van der Waals surface area (Å²) in [7, 11) is 0. The topological polar surface area (TPSA) is 27.7 Å². The van der Waals surface area contributed by atoms with E-state index in [1.807, 2.05) is 0 Å². The van der Waals surface area contributed by atoms with Crippen molar-refractivity contribution in [3.8, 4) is 62.1 Å². The molecule has 244 valence electrons. The molecule has 0 amide bonds. The molecule has 0 bridgehead atoms. The minimum absolute atomic E-state index is 0.105. The summed E-state index contributed by atoms with van der Waals surface area (Å²) in [6, 6.07) is 25.6. The van der Waals surface area contributed by atoms with Gasteiger partial charge in [-0.2, -0.15) is 0 Å². The van der Waals surface area contributed by atoms with Gasteiger partial charge in [0.15, 0.2) is 11.5 Å². The lowest BCUT2D eigenvalue weighted by Crippen LogP contribution is -2.24. The van der Waals surface area contributed by atoms with E-state index >= 15 is 0 Å². The predicted molar refractivity (Wildman–Crippen MR) is 201 cm³/mol. The van der Waals surface area contributed by atoms with E-state index in [1.165, 1.54) is 60.7 Å². The van der Waals surface area contributed by atoms with E-state index in [1.54, 1.807) is 50.2 Å². The van der Waals surface area contributed by atoms with Crippen molar-refractivity contribution in [2.45, 2.75) is 66.0 Å². The molecule has 8 rings (SSSR count). The monoisotopic (exact) mass is 660 g/mol. The molecule has 0 aromatic heterocycles. The molecule has 0 atom stereocenters. The van der Waals surface area contributed by atoms with Crippen LogP contribution in [0.3, 0.4) is 0 Å². The largest absolute Gasteiger partial charge is 0.479 e. The Kier molecular flexibility index (Phi) is 3.84. The number of hydrogen-bond acceptors (Lipinski definition) is 3. The van der Waals surface area contributed by atoms with E-state index in [0.29, 0.717) is 22.8 Å². The van der Waals surface area contributed by atoms with Crippen molar-refractivity contribution >= 4 is 0 Å². The second-order valence-corrected chi connectivity index (χ2v) is 12.7. The molecule has 2 aliphatic heterocycles. The Balaban J connectivity index is 1.49. The van der Waals surface area contributed by atoms with Crippen molar-refractivity contribution in [3.05, 3.63) is 148 Å². The highest BCUT2D eigenvalue weighted by molar-refractivity contribution is 5.88. The van der Waals surface area contributed by atoms with Crippen molar-refractivity contribution in [1.82, 2.24) is 0 Å². The lowest BCUT2D eigenvalue weighted by atomic mass is 9.74. The Morgan fingerprint density at radius 1 is 0.510 bits per heavy atom. The number of para-hydroxylation sites is 4. The van der Waals surface area contributed by atoms with Crippen molar-refractivity contribution in [3.63, 3.8) is 0 Å². The molecule has 6 aromatic rings. The SMILES string of the molecule is [2H]C([2H])([2H])c1ccc(-c2ccc(C([2H])([2H])[2H])c(-c3cccc4c3Oc3ccccc3C4(C([2H])([2H])[2H])C([2H])([2H])[2H])c2C([2H])([2H])[2H])c(C([2H])([2H])[2H])c1-c1ccc2c(c1)C(C)(C)Oc1ccccc1O2. The van der Waals surface area contributed by atoms with Gasteiger partial charge in [0.25, 0.3) is 0 Å². The molecule has 49 heavy (non-hydrogen) atoms. The number of fused-ring (bicyclic) bond motifs is 4. The zero-order chi connectivity index (χ0) is 49.2. The first-order valence-electron chi connectivity index (χ1n) is 24.7. The highest BCUT2D eigenvalue weighted by Crippen LogP contribution is 2.53. The molecule has 0 saturated heterocycles. The summed E-state index contributed by atoms with van der Waals surface area (Å²) in [5, 5.41) is 0. The Bertz CT molecular complexity index is 2940. The van der Waals surface area contributed by atoms with Gasteiger partial charge < -0.3 is 14.2 Å². The third kappa shape index (κ3) is 4.86. The zero-order valence-electron chi connectivity index (χ0n) is 44.6. The highest BCUT2D eigenvalue weighted by Gasteiger charge is 2.36. The lowest BCUT2D eigenvalue weighted by Gasteiger charge is -2.35. The van der Waals surface area contributed by atoms with Crippen LogP contribution in [0.1, 0.15) is 91.2 Å². The zero-order valence-corrected chi connectivity index (χ0v) is 26.6. The number of benzene rings is 6. The quantitative estimate of drug-likeness (QED) is 0.189. The summed E-state index contributed by atoms with van der Waals surface area (Å²) in [6.45, 7) is -15.6. The molecule has 3 nitrogen and oxygen atoms in total. The normalized spacial score (nSPS) is 21.9. The second kappa shape index (κ2) is 11.1. The summed E-state index contributed by atoms with van der Waals surface area (Å²) in [5.74, 6) is 0.544. The smallest absolute Gasteiger partial charge is 0.169 e. The molecule has 0 unspecified atom stereocenters. The molecule has 0 fully saturated rings. The Morgan fingerprint density at radius 2 is 1.16 bits per heavy atom. The average Bonchev–Trinajstić information content (AvgIpc) is 3.31. The first kappa shape index (κ1) is 16.9. The summed E-state index contributed by atoms with van der Waals surface area (Å²) < 4.78 is 178. The van der Waals surface area contributed by atoms with Gasteiger partial charge in [0.2, 0.25) is 0 Å². The summed E-state index contributed by atoms with van der Waals surface area (Å²) in [4.78, 5) is 0. The molecular formula is C46H42O3. The fourth-order valence-corrected chi connectivity index (χ4v) is 6.81. The van der Waals surface area contributed by atoms with Gasteiger partial charge in [-0.05, 0) is 122 Å². The van der Waals surface area contributed by atoms with Gasteiger partial charge in [0.1, 0.15) is 22.8 Å². The Morgan fingerprint density at radius 3 is 1.90 bits per heavy atom. The number of aryl methyl sites for hydroxylation is 2. The van der Waals surface area contributed by atoms with Crippen molar-refractivity contribution < 1.29 is 38.9 Å². The van der Waals surface area contributed by atoms with Gasteiger partial charge in [-0.1, -0.05) is 92.6 Å². The highest BCUT2D eigenvalue weighted by atomic mass is 16.5. The third-order valence-corrected chi connectivity index (χ3v) is 9.24. The molecule has 0 N–H and O–H groups in total. The maximum absolute atomic E-state index is 9.07. The van der Waals surface area contributed by atoms with Gasteiger partial charge in [0, 0.05) is 52.3 Å². The van der Waals surface area contributed by atoms with Crippen LogP contribution in [0.5, 0.6) is 28.7 Å². The maximum atomic E-state index is 9.07. The van der Waals surface area contributed by atoms with Crippen molar-refractivity contribution in [2.75, 3.05) is 0 Å². The van der Waals surface area contributed by atoms with Crippen LogP contribution in [0.25, 0.3) is 33.4 Å². The fraction of sp³-hybridized carbons (Fsp3) is 0.217. The Labute approximate surface area is 315 Å². The molecule has 3 heteroatoms. The first-order chi connectivity index (χ1) is 30.8. The minimum Gasteiger partial charge on any atom is -0.479 e. The van der Waals surface area contributed by atoms with Crippen LogP contribution in [0.2, 0.25) is 0 Å². The standard InChI is InChI=1S/C46H42O3/c1-27-20-23-32(29(3)42(27)31-22-25-39-37(26-31)46(7,8)49-41-19-12-11-18-40(41)47-39)33-24-21-28(2)43(30(33)4)34-14-13-16-36-44(34)48-38-17-10-9-15-35(38)45(36,5)6/h9-26H,1-8H3/i1D3,2D3,3D3,4D3,5D3,6D3. The fourth-order valence-electron chi connectivity index (χ4n) is 6.81. The van der Waals surface area contributed by atoms with Crippen LogP contribution < -0.4 is 14.2 Å². The Hall–Kier alpha value is -5.28. The van der Waals surface area contributed by atoms with E-state index < -0.39 is 85.7 Å². The van der Waals surface area contributed by atoms with Crippen molar-refractivity contribution in [2.24, 2.45) is 0 Å². The predicted octanol–water partition coefficient (Wildman–Crippen LogP) is 12.8. The molecular weight excluding hydrogens is 601 g/mol. The van der Waals surface area contributed by atoms with Crippen LogP contribution >= 0.6 is 0 Å². The molecule has 2 aliphatic rings. The van der Waals surface area contributed by atoms with E-state index in [0.717, 1.165) is 12.1 Å². The second-order valence-electron chi connectivity index (χ2n) is 12.7. The van der Waals surface area contributed by atoms with Gasteiger partial charge in [-0.15, -0.1) is 0 Å². The molecule has 0 saturated carbocycles. The van der Waals surface area contributed by atoms with Crippen LogP contribution in [0.15, 0.2) is 109 Å². The number of hydrogen-bond donors (Lipinski definition) is 0. The van der Waals surface area contributed by atoms with E-state index in [9.17, 15) is 0 Å². The summed E-state index contributed by atoms with van der Waals surface area (Å²) in [5.41, 5.74) is -7.87. The number of rotatable bonds is 3. The van der Waals surface area contributed by atoms with Crippen LogP contribution in [-0.2, 0) is 11.0 Å². The molecule has 0 radical (unpaired) electrons. The van der Waals surface area contributed by atoms with Gasteiger partial charge in [-0.3, -0.25) is 0 Å². The van der Waals surface area contributed by atoms with Gasteiger partial charge in [0.05, 0.1) is 0 Å². The molecule has 2 heterocycles. The molecule has 0 spiro atoms. The minimum atomic E-state index is -3.30. The van der Waals surface area contributed by atoms with E-state index in [4.69, 9.17) is 38.9 Å². The summed E-state index contributed by atoms with van der Waals surface area (Å²) >= 11 is 0. The van der Waals surface area contributed by atoms with E-state index in [2.05, 4.69) is 0 Å². The summed E-state index contributed by atoms with van der Waals surface area (Å²) in [6.07, 6.45) is 0. The van der Waals surface area contributed by atoms with Gasteiger partial charge >= 0.3 is 0 Å². The van der Waals surface area contributed by atoms with Crippen LogP contribution in [-0.4, -0.2) is 0 Å². The molecule has 6 aromatic carbocycles. The van der Waals surface area contributed by atoms with Crippen LogP contribution in [0, 0.1) is 27.4 Å². The number of ether oxygens (including phenoxy) is 3. The van der Waals surface area contributed by atoms with Crippen LogP contribution in [0.4, 0.5) is 0 Å². The third-order valence-electron chi connectivity index (χ3n) is 9.24. The average molecular weight is 661 g/mol. The van der Waals surface area contributed by atoms with Gasteiger partial charge in [-0.25, -0.2) is 0 Å². The first-order valence-corrected chi connectivity index (χ1v) is 15.7. The molecule has 0 aliphatic carbocycles. The maximum Gasteiger partial charge on any atom is 0.169 e. The van der Waals surface area contributed by atoms with E-state index in [-0.39, 0.29) is 44.7 Å².